The highest BCUT2D eigenvalue weighted by Crippen LogP contribution is 2.17. The van der Waals surface area contributed by atoms with Crippen molar-refractivity contribution in [3.05, 3.63) is 58.6 Å². The van der Waals surface area contributed by atoms with Gasteiger partial charge in [-0.15, -0.1) is 5.10 Å². The normalized spacial score (nSPS) is 11.3. The number of aromatic nitrogens is 3. The molecule has 0 fully saturated rings. The molecule has 0 bridgehead atoms. The monoisotopic (exact) mass is 306 g/mol. The first kappa shape index (κ1) is 13.4. The summed E-state index contributed by atoms with van der Waals surface area (Å²) in [5.74, 6) is -0.701. The van der Waals surface area contributed by atoms with Crippen LogP contribution in [0.4, 0.5) is 8.78 Å². The lowest BCUT2D eigenvalue weighted by Gasteiger charge is -1.99. The second-order valence-electron chi connectivity index (χ2n) is 4.02. The number of benzene rings is 1. The van der Waals surface area contributed by atoms with E-state index in [2.05, 4.69) is 15.3 Å². The Morgan fingerprint density at radius 1 is 1.24 bits per heavy atom. The molecule has 21 heavy (non-hydrogen) atoms. The number of rotatable bonds is 3. The molecule has 8 heteroatoms. The molecule has 3 aromatic rings. The molecule has 2 heterocycles. The van der Waals surface area contributed by atoms with Crippen molar-refractivity contribution in [1.82, 2.24) is 14.9 Å². The Balaban J connectivity index is 2.05. The van der Waals surface area contributed by atoms with E-state index in [9.17, 15) is 8.78 Å². The molecule has 0 amide bonds. The van der Waals surface area contributed by atoms with E-state index < -0.39 is 11.6 Å². The summed E-state index contributed by atoms with van der Waals surface area (Å²) in [6, 6.07) is 6.91. The zero-order valence-electron chi connectivity index (χ0n) is 10.5. The van der Waals surface area contributed by atoms with Crippen LogP contribution in [0, 0.1) is 16.4 Å². The molecule has 0 spiro atoms. The minimum absolute atomic E-state index is 0.175. The van der Waals surface area contributed by atoms with Crippen molar-refractivity contribution >= 4 is 18.4 Å². The van der Waals surface area contributed by atoms with Crippen molar-refractivity contribution in [2.45, 2.75) is 0 Å². The van der Waals surface area contributed by atoms with Crippen molar-refractivity contribution < 1.29 is 13.2 Å². The third-order valence-electron chi connectivity index (χ3n) is 2.69. The standard InChI is InChI=1S/C13H8F2N4OS/c14-9-3-1-4-10(15)8(9)7-16-19-12(17-18-13(19)21)11-5-2-6-20-11/h1-7H,(H,18,21)/b16-7-. The maximum absolute atomic E-state index is 13.5. The van der Waals surface area contributed by atoms with Gasteiger partial charge in [0.15, 0.2) is 5.76 Å². The Kier molecular flexibility index (Phi) is 3.44. The third-order valence-corrected chi connectivity index (χ3v) is 2.96. The molecule has 0 aliphatic heterocycles. The molecule has 0 atom stereocenters. The summed E-state index contributed by atoms with van der Waals surface area (Å²) in [7, 11) is 0. The molecule has 5 nitrogen and oxygen atoms in total. The first-order valence-corrected chi connectivity index (χ1v) is 6.27. The van der Waals surface area contributed by atoms with Crippen LogP contribution in [0.25, 0.3) is 11.6 Å². The van der Waals surface area contributed by atoms with Crippen molar-refractivity contribution in [2.24, 2.45) is 5.10 Å². The molecule has 2 aromatic heterocycles. The number of furan rings is 1. The molecule has 106 valence electrons. The fourth-order valence-corrected chi connectivity index (χ4v) is 1.89. The molecule has 0 unspecified atom stereocenters. The van der Waals surface area contributed by atoms with Crippen molar-refractivity contribution in [2.75, 3.05) is 0 Å². The lowest BCUT2D eigenvalue weighted by atomic mass is 10.2. The van der Waals surface area contributed by atoms with Crippen LogP contribution in [0.1, 0.15) is 5.56 Å². The second kappa shape index (κ2) is 5.41. The molecular formula is C13H8F2N4OS. The van der Waals surface area contributed by atoms with E-state index in [1.807, 2.05) is 0 Å². The van der Waals surface area contributed by atoms with Gasteiger partial charge in [-0.25, -0.2) is 13.9 Å². The van der Waals surface area contributed by atoms with Gasteiger partial charge in [0.1, 0.15) is 11.6 Å². The average molecular weight is 306 g/mol. The molecule has 1 N–H and O–H groups in total. The SMILES string of the molecule is Fc1cccc(F)c1/C=N\n1c(-c2ccco2)n[nH]c1=S. The molecule has 3 rings (SSSR count). The maximum atomic E-state index is 13.5. The fraction of sp³-hybridized carbons (Fsp3) is 0. The number of H-pyrrole nitrogens is 1. The quantitative estimate of drug-likeness (QED) is 0.596. The van der Waals surface area contributed by atoms with Gasteiger partial charge in [-0.2, -0.15) is 9.78 Å². The minimum atomic E-state index is -0.715. The van der Waals surface area contributed by atoms with Gasteiger partial charge in [-0.05, 0) is 36.5 Å². The van der Waals surface area contributed by atoms with Gasteiger partial charge in [-0.3, -0.25) is 0 Å². The van der Waals surface area contributed by atoms with E-state index >= 15 is 0 Å². The fourth-order valence-electron chi connectivity index (χ4n) is 1.71. The number of aromatic amines is 1. The number of halogens is 2. The summed E-state index contributed by atoms with van der Waals surface area (Å²) in [4.78, 5) is 0. The van der Waals surface area contributed by atoms with Gasteiger partial charge in [-0.1, -0.05) is 6.07 Å². The summed E-state index contributed by atoms with van der Waals surface area (Å²) in [5, 5.41) is 10.5. The average Bonchev–Trinajstić information content (AvgIpc) is 3.08. The van der Waals surface area contributed by atoms with E-state index in [4.69, 9.17) is 16.6 Å². The van der Waals surface area contributed by atoms with E-state index in [1.54, 1.807) is 12.1 Å². The Bertz CT molecular complexity index is 831. The highest BCUT2D eigenvalue weighted by molar-refractivity contribution is 7.71. The number of hydrogen-bond acceptors (Lipinski definition) is 4. The molecule has 1 aromatic carbocycles. The van der Waals surface area contributed by atoms with Crippen molar-refractivity contribution in [1.29, 1.82) is 0 Å². The Morgan fingerprint density at radius 2 is 2.00 bits per heavy atom. The van der Waals surface area contributed by atoms with Crippen molar-refractivity contribution in [3.8, 4) is 11.6 Å². The van der Waals surface area contributed by atoms with Crippen LogP contribution in [0.15, 0.2) is 46.1 Å². The predicted octanol–water partition coefficient (Wildman–Crippen LogP) is 3.36. The number of hydrogen-bond donors (Lipinski definition) is 1. The largest absolute Gasteiger partial charge is 0.461 e. The summed E-state index contributed by atoms with van der Waals surface area (Å²) in [6.07, 6.45) is 2.51. The van der Waals surface area contributed by atoms with Gasteiger partial charge in [0.25, 0.3) is 0 Å². The lowest BCUT2D eigenvalue weighted by molar-refractivity contribution is 0.572. The highest BCUT2D eigenvalue weighted by atomic mass is 32.1. The van der Waals surface area contributed by atoms with Crippen LogP contribution in [0.5, 0.6) is 0 Å². The Labute approximate surface area is 122 Å². The zero-order chi connectivity index (χ0) is 14.8. The molecule has 0 aliphatic carbocycles. The third kappa shape index (κ3) is 2.52. The molecular weight excluding hydrogens is 298 g/mol. The first-order valence-electron chi connectivity index (χ1n) is 5.86. The summed E-state index contributed by atoms with van der Waals surface area (Å²) in [6.45, 7) is 0. The van der Waals surface area contributed by atoms with Crippen LogP contribution >= 0.6 is 12.2 Å². The van der Waals surface area contributed by atoms with E-state index in [0.717, 1.165) is 18.3 Å². The van der Waals surface area contributed by atoms with Crippen LogP contribution in [-0.2, 0) is 0 Å². The molecule has 0 saturated carbocycles. The van der Waals surface area contributed by atoms with E-state index in [-0.39, 0.29) is 10.3 Å². The second-order valence-corrected chi connectivity index (χ2v) is 4.41. The number of nitrogens with zero attached hydrogens (tertiary/aromatic N) is 3. The maximum Gasteiger partial charge on any atom is 0.219 e. The molecule has 0 radical (unpaired) electrons. The van der Waals surface area contributed by atoms with Crippen LogP contribution < -0.4 is 0 Å². The Hall–Kier alpha value is -2.61. The first-order chi connectivity index (χ1) is 10.2. The van der Waals surface area contributed by atoms with Gasteiger partial charge in [0.05, 0.1) is 18.0 Å². The molecule has 0 saturated heterocycles. The topological polar surface area (TPSA) is 59.1 Å². The summed E-state index contributed by atoms with van der Waals surface area (Å²) < 4.78 is 33.7. The predicted molar refractivity (Wildman–Crippen MR) is 74.5 cm³/mol. The van der Waals surface area contributed by atoms with Crippen LogP contribution in [0.3, 0.4) is 0 Å². The van der Waals surface area contributed by atoms with Gasteiger partial charge < -0.3 is 4.42 Å². The van der Waals surface area contributed by atoms with Crippen molar-refractivity contribution in [3.63, 3.8) is 0 Å². The Morgan fingerprint density at radius 3 is 2.67 bits per heavy atom. The van der Waals surface area contributed by atoms with Crippen LogP contribution in [0.2, 0.25) is 0 Å². The van der Waals surface area contributed by atoms with Gasteiger partial charge >= 0.3 is 0 Å². The van der Waals surface area contributed by atoms with Gasteiger partial charge in [0, 0.05) is 0 Å². The summed E-state index contributed by atoms with van der Waals surface area (Å²) in [5.41, 5.74) is -0.258. The summed E-state index contributed by atoms with van der Waals surface area (Å²) >= 11 is 5.03. The van der Waals surface area contributed by atoms with E-state index in [0.29, 0.717) is 11.6 Å². The lowest BCUT2D eigenvalue weighted by Crippen LogP contribution is -1.98. The smallest absolute Gasteiger partial charge is 0.219 e. The zero-order valence-corrected chi connectivity index (χ0v) is 11.3. The molecule has 0 aliphatic rings. The highest BCUT2D eigenvalue weighted by Gasteiger charge is 2.11. The number of nitrogens with one attached hydrogen (secondary N) is 1. The minimum Gasteiger partial charge on any atom is -0.461 e. The van der Waals surface area contributed by atoms with E-state index in [1.165, 1.54) is 17.0 Å². The van der Waals surface area contributed by atoms with Gasteiger partial charge in [0.2, 0.25) is 10.6 Å². The van der Waals surface area contributed by atoms with Crippen LogP contribution in [-0.4, -0.2) is 21.1 Å².